The zero-order chi connectivity index (χ0) is 26.9. The van der Waals surface area contributed by atoms with E-state index in [4.69, 9.17) is 0 Å². The van der Waals surface area contributed by atoms with Gasteiger partial charge >= 0.3 is 0 Å². The molecule has 0 aromatic heterocycles. The molecule has 2 fully saturated rings. The normalized spacial score (nSPS) is 20.7. The first-order valence-electron chi connectivity index (χ1n) is 13.4. The standard InChI is InChI=1S/C28H32F2N4O4/c29-28(30)13-16-33(17-14-28)24(36)8-3-1-2-4-15-31-20-9-10-21-25-18(20)6-5-7-19(25)27(38)34(21)22-11-12-23(35)32-26(22)37/h5-7,9-10,22,31H,1-4,8,11-17H2,(H,32,35,37). The average molecular weight is 527 g/mol. The lowest BCUT2D eigenvalue weighted by molar-refractivity contribution is -0.137. The molecular weight excluding hydrogens is 494 g/mol. The van der Waals surface area contributed by atoms with Crippen molar-refractivity contribution in [2.75, 3.05) is 29.9 Å². The molecule has 10 heteroatoms. The molecular formula is C28H32F2N4O4. The molecule has 0 spiro atoms. The van der Waals surface area contributed by atoms with Crippen molar-refractivity contribution in [2.45, 2.75) is 69.8 Å². The number of piperidine rings is 2. The second-order valence-electron chi connectivity index (χ2n) is 10.3. The van der Waals surface area contributed by atoms with Crippen LogP contribution in [0.1, 0.15) is 68.1 Å². The van der Waals surface area contributed by atoms with Crippen molar-refractivity contribution in [1.82, 2.24) is 10.2 Å². The number of nitrogens with one attached hydrogen (secondary N) is 2. The minimum atomic E-state index is -2.64. The highest BCUT2D eigenvalue weighted by atomic mass is 19.3. The van der Waals surface area contributed by atoms with Crippen molar-refractivity contribution in [3.63, 3.8) is 0 Å². The summed E-state index contributed by atoms with van der Waals surface area (Å²) in [6.07, 6.45) is 3.86. The van der Waals surface area contributed by atoms with Crippen LogP contribution in [0.5, 0.6) is 0 Å². The Balaban J connectivity index is 1.13. The van der Waals surface area contributed by atoms with E-state index in [0.717, 1.165) is 48.7 Å². The van der Waals surface area contributed by atoms with Crippen LogP contribution in [0.3, 0.4) is 0 Å². The molecule has 1 atom stereocenters. The summed E-state index contributed by atoms with van der Waals surface area (Å²) in [6.45, 7) is 1.00. The lowest BCUT2D eigenvalue weighted by Crippen LogP contribution is -2.53. The average Bonchev–Trinajstić information content (AvgIpc) is 3.17. The van der Waals surface area contributed by atoms with Crippen molar-refractivity contribution < 1.29 is 28.0 Å². The zero-order valence-corrected chi connectivity index (χ0v) is 21.2. The Morgan fingerprint density at radius 1 is 1.03 bits per heavy atom. The van der Waals surface area contributed by atoms with E-state index in [2.05, 4.69) is 10.6 Å². The van der Waals surface area contributed by atoms with Gasteiger partial charge in [0.2, 0.25) is 17.7 Å². The molecule has 3 aliphatic heterocycles. The highest BCUT2D eigenvalue weighted by molar-refractivity contribution is 6.28. The maximum Gasteiger partial charge on any atom is 0.259 e. The quantitative estimate of drug-likeness (QED) is 0.377. The van der Waals surface area contributed by atoms with Gasteiger partial charge in [0, 0.05) is 67.3 Å². The van der Waals surface area contributed by atoms with Crippen LogP contribution in [-0.2, 0) is 14.4 Å². The van der Waals surface area contributed by atoms with Crippen LogP contribution >= 0.6 is 0 Å². The third-order valence-electron chi connectivity index (χ3n) is 7.73. The summed E-state index contributed by atoms with van der Waals surface area (Å²) >= 11 is 0. The lowest BCUT2D eigenvalue weighted by atomic mass is 10.0. The number of imide groups is 1. The molecule has 5 rings (SSSR count). The monoisotopic (exact) mass is 526 g/mol. The van der Waals surface area contributed by atoms with E-state index < -0.39 is 17.9 Å². The maximum atomic E-state index is 13.3. The number of nitrogens with zero attached hydrogens (tertiary/aromatic N) is 2. The molecule has 2 aromatic rings. The lowest BCUT2D eigenvalue weighted by Gasteiger charge is -2.31. The first-order chi connectivity index (χ1) is 18.2. The van der Waals surface area contributed by atoms with Crippen molar-refractivity contribution >= 4 is 45.8 Å². The van der Waals surface area contributed by atoms with Gasteiger partial charge in [0.1, 0.15) is 6.04 Å². The highest BCUT2D eigenvalue weighted by Crippen LogP contribution is 2.42. The summed E-state index contributed by atoms with van der Waals surface area (Å²) in [7, 11) is 0. The van der Waals surface area contributed by atoms with Gasteiger partial charge in [-0.3, -0.25) is 29.4 Å². The summed E-state index contributed by atoms with van der Waals surface area (Å²) in [6, 6.07) is 8.61. The van der Waals surface area contributed by atoms with Crippen LogP contribution in [0, 0.1) is 0 Å². The number of benzene rings is 2. The van der Waals surface area contributed by atoms with Gasteiger partial charge in [-0.15, -0.1) is 0 Å². The molecule has 0 saturated carbocycles. The zero-order valence-electron chi connectivity index (χ0n) is 21.2. The second kappa shape index (κ2) is 10.7. The Kier molecular flexibility index (Phi) is 7.32. The Morgan fingerprint density at radius 2 is 1.79 bits per heavy atom. The van der Waals surface area contributed by atoms with E-state index in [9.17, 15) is 28.0 Å². The molecule has 202 valence electrons. The predicted octanol–water partition coefficient (Wildman–Crippen LogP) is 4.23. The fourth-order valence-electron chi connectivity index (χ4n) is 5.62. The number of halogens is 2. The van der Waals surface area contributed by atoms with E-state index in [-0.39, 0.29) is 50.1 Å². The fourth-order valence-corrected chi connectivity index (χ4v) is 5.62. The largest absolute Gasteiger partial charge is 0.385 e. The molecule has 4 amide bonds. The van der Waals surface area contributed by atoms with Crippen molar-refractivity contribution in [3.05, 3.63) is 35.9 Å². The van der Waals surface area contributed by atoms with Crippen molar-refractivity contribution in [2.24, 2.45) is 0 Å². The molecule has 2 N–H and O–H groups in total. The van der Waals surface area contributed by atoms with Crippen LogP contribution < -0.4 is 15.5 Å². The summed E-state index contributed by atoms with van der Waals surface area (Å²) in [5, 5.41) is 7.50. The Labute approximate surface area is 219 Å². The highest BCUT2D eigenvalue weighted by Gasteiger charge is 2.41. The van der Waals surface area contributed by atoms with Gasteiger partial charge in [0.15, 0.2) is 0 Å². The summed E-state index contributed by atoms with van der Waals surface area (Å²) < 4.78 is 26.5. The summed E-state index contributed by atoms with van der Waals surface area (Å²) in [4.78, 5) is 52.6. The van der Waals surface area contributed by atoms with Crippen LogP contribution in [0.15, 0.2) is 30.3 Å². The molecule has 8 nitrogen and oxygen atoms in total. The van der Waals surface area contributed by atoms with Gasteiger partial charge in [0.25, 0.3) is 11.8 Å². The number of hydrogen-bond donors (Lipinski definition) is 2. The van der Waals surface area contributed by atoms with Gasteiger partial charge in [-0.25, -0.2) is 8.78 Å². The molecule has 3 heterocycles. The third-order valence-corrected chi connectivity index (χ3v) is 7.73. The minimum Gasteiger partial charge on any atom is -0.385 e. The first-order valence-corrected chi connectivity index (χ1v) is 13.4. The minimum absolute atomic E-state index is 0.0348. The third kappa shape index (κ3) is 5.21. The molecule has 3 aliphatic rings. The van der Waals surface area contributed by atoms with Gasteiger partial charge in [-0.2, -0.15) is 0 Å². The van der Waals surface area contributed by atoms with Gasteiger partial charge < -0.3 is 10.2 Å². The van der Waals surface area contributed by atoms with Crippen LogP contribution in [-0.4, -0.2) is 60.1 Å². The van der Waals surface area contributed by atoms with Crippen molar-refractivity contribution in [3.8, 4) is 0 Å². The van der Waals surface area contributed by atoms with E-state index in [1.165, 1.54) is 4.90 Å². The first kappa shape index (κ1) is 26.1. The molecule has 0 radical (unpaired) electrons. The number of likely N-dealkylation sites (tertiary alicyclic amines) is 1. The van der Waals surface area contributed by atoms with E-state index in [1.54, 1.807) is 11.0 Å². The molecule has 1 unspecified atom stereocenters. The van der Waals surface area contributed by atoms with Crippen molar-refractivity contribution in [1.29, 1.82) is 0 Å². The predicted molar refractivity (Wildman–Crippen MR) is 139 cm³/mol. The topological polar surface area (TPSA) is 98.8 Å². The summed E-state index contributed by atoms with van der Waals surface area (Å²) in [5.74, 6) is -3.67. The second-order valence-corrected chi connectivity index (χ2v) is 10.3. The van der Waals surface area contributed by atoms with Gasteiger partial charge in [-0.05, 0) is 37.5 Å². The van der Waals surface area contributed by atoms with Crippen LogP contribution in [0.4, 0.5) is 20.2 Å². The number of carbonyl (C=O) groups is 4. The smallest absolute Gasteiger partial charge is 0.259 e. The number of alkyl halides is 2. The maximum absolute atomic E-state index is 13.3. The molecule has 0 bridgehead atoms. The summed E-state index contributed by atoms with van der Waals surface area (Å²) in [5.41, 5.74) is 2.14. The molecule has 38 heavy (non-hydrogen) atoms. The SMILES string of the molecule is O=C1CCC(N2C(=O)c3cccc4c(NCCCCCCC(=O)N5CCC(F)(F)CC5)ccc2c34)C(=O)N1. The van der Waals surface area contributed by atoms with E-state index >= 15 is 0 Å². The fraction of sp³-hybridized carbons (Fsp3) is 0.500. The Hall–Kier alpha value is -3.56. The van der Waals surface area contributed by atoms with E-state index in [1.807, 2.05) is 24.3 Å². The Morgan fingerprint density at radius 3 is 2.55 bits per heavy atom. The number of anilines is 2. The van der Waals surface area contributed by atoms with E-state index in [0.29, 0.717) is 24.1 Å². The van der Waals surface area contributed by atoms with Crippen LogP contribution in [0.2, 0.25) is 0 Å². The van der Waals surface area contributed by atoms with Gasteiger partial charge in [0.05, 0.1) is 5.69 Å². The number of carbonyl (C=O) groups excluding carboxylic acids is 4. The molecule has 2 aromatic carbocycles. The Bertz CT molecular complexity index is 1270. The van der Waals surface area contributed by atoms with Gasteiger partial charge in [-0.1, -0.05) is 25.0 Å². The molecule has 2 saturated heterocycles. The number of hydrogen-bond acceptors (Lipinski definition) is 5. The number of rotatable bonds is 9. The van der Waals surface area contributed by atoms with Crippen LogP contribution in [0.25, 0.3) is 10.8 Å². The number of amides is 4. The molecule has 0 aliphatic carbocycles. The number of unbranched alkanes of at least 4 members (excludes halogenated alkanes) is 3.